The van der Waals surface area contributed by atoms with Gasteiger partial charge < -0.3 is 10.1 Å². The van der Waals surface area contributed by atoms with Gasteiger partial charge in [0.25, 0.3) is 0 Å². The van der Waals surface area contributed by atoms with Crippen molar-refractivity contribution in [1.82, 2.24) is 4.98 Å². The molecule has 7 nitrogen and oxygen atoms in total. The quantitative estimate of drug-likeness (QED) is 0.656. The van der Waals surface area contributed by atoms with E-state index in [1.165, 1.54) is 12.3 Å². The Hall–Kier alpha value is -2.20. The van der Waals surface area contributed by atoms with E-state index < -0.39 is 4.92 Å². The van der Waals surface area contributed by atoms with Crippen LogP contribution in [0.5, 0.6) is 0 Å². The molecule has 0 aliphatic heterocycles. The Kier molecular flexibility index (Phi) is 3.92. The van der Waals surface area contributed by atoms with E-state index >= 15 is 0 Å². The maximum atomic E-state index is 11.1. The van der Waals surface area contributed by atoms with Crippen molar-refractivity contribution in [1.29, 1.82) is 5.26 Å². The van der Waals surface area contributed by atoms with Crippen LogP contribution in [0.25, 0.3) is 0 Å². The van der Waals surface area contributed by atoms with Gasteiger partial charge in [0, 0.05) is 13.3 Å². The lowest BCUT2D eigenvalue weighted by atomic mass is 10.2. The van der Waals surface area contributed by atoms with Gasteiger partial charge in [0.05, 0.1) is 17.1 Å². The van der Waals surface area contributed by atoms with E-state index in [9.17, 15) is 10.1 Å². The van der Waals surface area contributed by atoms with Crippen molar-refractivity contribution in [3.05, 3.63) is 27.9 Å². The van der Waals surface area contributed by atoms with E-state index in [0.29, 0.717) is 0 Å². The highest BCUT2D eigenvalue weighted by Gasteiger charge is 2.30. The van der Waals surface area contributed by atoms with Gasteiger partial charge in [0.15, 0.2) is 0 Å². The number of rotatable bonds is 4. The van der Waals surface area contributed by atoms with Gasteiger partial charge in [0.2, 0.25) is 5.82 Å². The van der Waals surface area contributed by atoms with E-state index in [-0.39, 0.29) is 29.2 Å². The molecule has 0 bridgehead atoms. The second-order valence-corrected chi connectivity index (χ2v) is 4.38. The summed E-state index contributed by atoms with van der Waals surface area (Å²) in [6, 6.07) is 3.14. The molecule has 1 aromatic rings. The molecule has 1 aliphatic carbocycles. The fourth-order valence-corrected chi connectivity index (χ4v) is 2.38. The van der Waals surface area contributed by atoms with Crippen LogP contribution in [-0.4, -0.2) is 29.2 Å². The van der Waals surface area contributed by atoms with Crippen molar-refractivity contribution in [3.63, 3.8) is 0 Å². The van der Waals surface area contributed by atoms with E-state index in [1.54, 1.807) is 7.11 Å². The van der Waals surface area contributed by atoms with Crippen molar-refractivity contribution >= 4 is 11.5 Å². The molecule has 0 amide bonds. The molecule has 2 unspecified atom stereocenters. The first-order chi connectivity index (χ1) is 9.17. The average molecular weight is 262 g/mol. The third-order valence-electron chi connectivity index (χ3n) is 3.30. The van der Waals surface area contributed by atoms with E-state index in [4.69, 9.17) is 10.00 Å². The maximum absolute atomic E-state index is 11.1. The van der Waals surface area contributed by atoms with Gasteiger partial charge in [-0.2, -0.15) is 5.26 Å². The number of hydrogen-bond donors (Lipinski definition) is 1. The molecule has 0 saturated heterocycles. The number of pyridine rings is 1. The minimum atomic E-state index is -0.579. The number of methoxy groups -OCH3 is 1. The highest BCUT2D eigenvalue weighted by molar-refractivity contribution is 5.64. The Balaban J connectivity index is 2.30. The number of aromatic nitrogens is 1. The highest BCUT2D eigenvalue weighted by Crippen LogP contribution is 2.30. The molecule has 1 aliphatic rings. The van der Waals surface area contributed by atoms with Gasteiger partial charge in [-0.1, -0.05) is 0 Å². The largest absolute Gasteiger partial charge is 0.379 e. The number of anilines is 1. The lowest BCUT2D eigenvalue weighted by Gasteiger charge is -2.20. The number of nitrogens with one attached hydrogen (secondary N) is 1. The van der Waals surface area contributed by atoms with Crippen LogP contribution >= 0.6 is 0 Å². The molecule has 1 aromatic heterocycles. The monoisotopic (exact) mass is 262 g/mol. The summed E-state index contributed by atoms with van der Waals surface area (Å²) in [6.45, 7) is 0. The third-order valence-corrected chi connectivity index (χ3v) is 3.30. The summed E-state index contributed by atoms with van der Waals surface area (Å²) in [5.74, 6) is 0.137. The zero-order valence-corrected chi connectivity index (χ0v) is 10.5. The van der Waals surface area contributed by atoms with Crippen LogP contribution in [-0.2, 0) is 4.74 Å². The number of nitro groups is 1. The fourth-order valence-electron chi connectivity index (χ4n) is 2.38. The van der Waals surface area contributed by atoms with Gasteiger partial charge in [-0.05, 0) is 25.3 Å². The molecule has 2 atom stereocenters. The number of hydrogen-bond acceptors (Lipinski definition) is 6. The molecule has 1 fully saturated rings. The van der Waals surface area contributed by atoms with Gasteiger partial charge in [-0.3, -0.25) is 10.1 Å². The second-order valence-electron chi connectivity index (χ2n) is 4.38. The van der Waals surface area contributed by atoms with Crippen LogP contribution in [0, 0.1) is 21.4 Å². The predicted octanol–water partition coefficient (Wildman–Crippen LogP) is 1.84. The Morgan fingerprint density at radius 1 is 1.63 bits per heavy atom. The van der Waals surface area contributed by atoms with Crippen molar-refractivity contribution in [2.75, 3.05) is 12.4 Å². The summed E-state index contributed by atoms with van der Waals surface area (Å²) >= 11 is 0. The van der Waals surface area contributed by atoms with Crippen LogP contribution in [0.15, 0.2) is 12.3 Å². The molecule has 1 heterocycles. The van der Waals surface area contributed by atoms with Crippen LogP contribution in [0.4, 0.5) is 11.5 Å². The second kappa shape index (κ2) is 5.63. The predicted molar refractivity (Wildman–Crippen MR) is 67.7 cm³/mol. The molecular weight excluding hydrogens is 248 g/mol. The fraction of sp³-hybridized carbons (Fsp3) is 0.500. The van der Waals surface area contributed by atoms with Crippen LogP contribution in [0.3, 0.4) is 0 Å². The van der Waals surface area contributed by atoms with Crippen LogP contribution in [0.1, 0.15) is 24.8 Å². The molecule has 0 radical (unpaired) electrons. The number of ether oxygens (including phenoxy) is 1. The summed E-state index contributed by atoms with van der Waals surface area (Å²) < 4.78 is 5.33. The van der Waals surface area contributed by atoms with Crippen LogP contribution in [0.2, 0.25) is 0 Å². The normalized spacial score (nSPS) is 21.9. The Bertz CT molecular complexity index is 526. The first kappa shape index (κ1) is 13.2. The van der Waals surface area contributed by atoms with E-state index in [1.807, 2.05) is 6.07 Å². The van der Waals surface area contributed by atoms with Gasteiger partial charge in [-0.15, -0.1) is 0 Å². The lowest BCUT2D eigenvalue weighted by Crippen LogP contribution is -2.30. The summed E-state index contributed by atoms with van der Waals surface area (Å²) in [4.78, 5) is 14.5. The van der Waals surface area contributed by atoms with E-state index in [0.717, 1.165) is 19.3 Å². The van der Waals surface area contributed by atoms with Crippen molar-refractivity contribution < 1.29 is 9.66 Å². The molecule has 2 rings (SSSR count). The minimum Gasteiger partial charge on any atom is -0.379 e. The van der Waals surface area contributed by atoms with Gasteiger partial charge >= 0.3 is 5.69 Å². The smallest absolute Gasteiger partial charge is 0.328 e. The first-order valence-corrected chi connectivity index (χ1v) is 6.00. The highest BCUT2D eigenvalue weighted by atomic mass is 16.6. The molecule has 1 N–H and O–H groups in total. The maximum Gasteiger partial charge on any atom is 0.328 e. The van der Waals surface area contributed by atoms with E-state index in [2.05, 4.69) is 10.3 Å². The van der Waals surface area contributed by atoms with Crippen molar-refractivity contribution in [2.45, 2.75) is 31.4 Å². The molecule has 1 saturated carbocycles. The van der Waals surface area contributed by atoms with Crippen molar-refractivity contribution in [2.24, 2.45) is 0 Å². The molecule has 0 spiro atoms. The third kappa shape index (κ3) is 2.63. The topological polar surface area (TPSA) is 101 Å². The summed E-state index contributed by atoms with van der Waals surface area (Å²) in [6.07, 6.45) is 4.20. The molecule has 7 heteroatoms. The first-order valence-electron chi connectivity index (χ1n) is 6.00. The standard InChI is InChI=1S/C12H14N4O3/c1-19-10-4-2-3-9(10)15-12-11(16(17)18)8(7-13)5-6-14-12/h5-6,9-10H,2-4H2,1H3,(H,14,15). The summed E-state index contributed by atoms with van der Waals surface area (Å²) in [5.41, 5.74) is -0.263. The lowest BCUT2D eigenvalue weighted by molar-refractivity contribution is -0.384. The average Bonchev–Trinajstić information content (AvgIpc) is 2.85. The Morgan fingerprint density at radius 3 is 3.05 bits per heavy atom. The Labute approximate surface area is 110 Å². The zero-order valence-electron chi connectivity index (χ0n) is 10.5. The Morgan fingerprint density at radius 2 is 2.42 bits per heavy atom. The van der Waals surface area contributed by atoms with Crippen molar-refractivity contribution in [3.8, 4) is 6.07 Å². The summed E-state index contributed by atoms with van der Waals surface area (Å²) in [7, 11) is 1.62. The number of nitrogens with zero attached hydrogens (tertiary/aromatic N) is 3. The SMILES string of the molecule is COC1CCCC1Nc1nccc(C#N)c1[N+](=O)[O-]. The zero-order chi connectivity index (χ0) is 13.8. The summed E-state index contributed by atoms with van der Waals surface area (Å²) in [5, 5.41) is 23.0. The van der Waals surface area contributed by atoms with Gasteiger partial charge in [0.1, 0.15) is 11.6 Å². The molecule has 19 heavy (non-hydrogen) atoms. The van der Waals surface area contributed by atoms with Crippen LogP contribution < -0.4 is 5.32 Å². The van der Waals surface area contributed by atoms with Gasteiger partial charge in [-0.25, -0.2) is 4.98 Å². The molecule has 100 valence electrons. The minimum absolute atomic E-state index is 0.00876. The number of nitriles is 1. The molecule has 0 aromatic carbocycles. The molecular formula is C12H14N4O3.